The van der Waals surface area contributed by atoms with Crippen LogP contribution in [0.3, 0.4) is 0 Å². The van der Waals surface area contributed by atoms with Crippen LogP contribution in [-0.4, -0.2) is 61.3 Å². The van der Waals surface area contributed by atoms with Gasteiger partial charge in [-0.3, -0.25) is 0 Å². The third kappa shape index (κ3) is 11.3. The molecule has 1 aliphatic carbocycles. The largest absolute Gasteiger partial charge is 0.478 e. The van der Waals surface area contributed by atoms with Gasteiger partial charge in [-0.25, -0.2) is 4.79 Å². The number of carboxylic acids is 1. The SMILES string of the molecule is O=C(O)C1=CO[C@@H](O[C@@H]2O[C@H](COCc3ccccc3)[C@@H](OCc3ccccc3)[C@H](OCc3ccccc3)[C@H]2OCc2ccccc2)[C@@H]2C(COCc3ccccc3)=CC[C@H]12. The maximum absolute atomic E-state index is 12.5. The second-order valence-corrected chi connectivity index (χ2v) is 15.5. The van der Waals surface area contributed by atoms with Crippen molar-refractivity contribution in [2.24, 2.45) is 11.8 Å². The van der Waals surface area contributed by atoms with Crippen molar-refractivity contribution in [1.29, 1.82) is 0 Å². The quantitative estimate of drug-likeness (QED) is 0.0765. The van der Waals surface area contributed by atoms with Crippen LogP contribution in [0.15, 0.2) is 175 Å². The van der Waals surface area contributed by atoms with Crippen molar-refractivity contribution in [1.82, 2.24) is 0 Å². The Morgan fingerprint density at radius 3 is 1.51 bits per heavy atom. The van der Waals surface area contributed by atoms with Gasteiger partial charge in [0.05, 0.1) is 64.0 Å². The van der Waals surface area contributed by atoms with Crippen molar-refractivity contribution in [2.75, 3.05) is 13.2 Å². The van der Waals surface area contributed by atoms with E-state index in [1.807, 2.05) is 158 Å². The summed E-state index contributed by atoms with van der Waals surface area (Å²) in [6, 6.07) is 49.7. The number of ether oxygens (including phenoxy) is 8. The van der Waals surface area contributed by atoms with E-state index in [0.29, 0.717) is 26.2 Å². The highest BCUT2D eigenvalue weighted by Crippen LogP contribution is 2.45. The lowest BCUT2D eigenvalue weighted by Gasteiger charge is -2.47. The molecule has 3 aliphatic rings. The van der Waals surface area contributed by atoms with Crippen molar-refractivity contribution in [2.45, 2.75) is 76.5 Å². The molecule has 1 N–H and O–H groups in total. The molecule has 0 amide bonds. The number of carbonyl (C=O) groups is 1. The van der Waals surface area contributed by atoms with E-state index in [2.05, 4.69) is 0 Å². The number of hydrogen-bond acceptors (Lipinski definition) is 9. The second kappa shape index (κ2) is 21.4. The summed E-state index contributed by atoms with van der Waals surface area (Å²) in [4.78, 5) is 12.5. The van der Waals surface area contributed by atoms with E-state index >= 15 is 0 Å². The lowest BCUT2D eigenvalue weighted by molar-refractivity contribution is -0.358. The van der Waals surface area contributed by atoms with Gasteiger partial charge in [-0.1, -0.05) is 158 Å². The van der Waals surface area contributed by atoms with Crippen LogP contribution in [0.4, 0.5) is 0 Å². The fraction of sp³-hybridized carbons (Fsp3) is 0.314. The van der Waals surface area contributed by atoms with Crippen LogP contribution in [0.5, 0.6) is 0 Å². The summed E-state index contributed by atoms with van der Waals surface area (Å²) < 4.78 is 53.3. The van der Waals surface area contributed by atoms with Gasteiger partial charge in [0.15, 0.2) is 6.29 Å². The summed E-state index contributed by atoms with van der Waals surface area (Å²) in [5.41, 5.74) is 6.07. The minimum Gasteiger partial charge on any atom is -0.478 e. The number of allylic oxidation sites excluding steroid dienone is 1. The monoisotopic (exact) mass is 824 g/mol. The van der Waals surface area contributed by atoms with Gasteiger partial charge in [0.25, 0.3) is 0 Å². The maximum atomic E-state index is 12.5. The Bertz CT molecular complexity index is 2150. The summed E-state index contributed by atoms with van der Waals surface area (Å²) in [5, 5.41) is 10.2. The molecule has 0 unspecified atom stereocenters. The molecule has 1 saturated heterocycles. The molecule has 10 heteroatoms. The summed E-state index contributed by atoms with van der Waals surface area (Å²) in [7, 11) is 0. The Balaban J connectivity index is 1.11. The van der Waals surface area contributed by atoms with Gasteiger partial charge in [0.1, 0.15) is 24.4 Å². The van der Waals surface area contributed by atoms with E-state index in [0.717, 1.165) is 33.4 Å². The molecule has 0 spiro atoms. The first-order valence-corrected chi connectivity index (χ1v) is 20.9. The van der Waals surface area contributed by atoms with Crippen LogP contribution in [0.1, 0.15) is 34.2 Å². The van der Waals surface area contributed by atoms with Crippen molar-refractivity contribution in [3.63, 3.8) is 0 Å². The van der Waals surface area contributed by atoms with Gasteiger partial charge in [-0.05, 0) is 39.8 Å². The lowest BCUT2D eigenvalue weighted by Crippen LogP contribution is -2.62. The molecule has 0 saturated carbocycles. The molecule has 0 bridgehead atoms. The molecule has 61 heavy (non-hydrogen) atoms. The smallest absolute Gasteiger partial charge is 0.335 e. The highest BCUT2D eigenvalue weighted by Gasteiger charge is 2.52. The standard InChI is InChI=1S/C51H52O10/c52-49(53)43-34-59-50(45-41(26-27-42(43)45)33-54-28-36-16-6-1-7-17-36)61-51-48(58-32-40-24-14-5-15-25-40)47(57-31-39-22-12-4-13-23-39)46(56-30-38-20-10-3-11-21-38)44(60-51)35-55-29-37-18-8-2-9-19-37/h1-26,34,42,44-48,50-51H,27-33,35H2,(H,52,53)/t42-,44-,45-,46-,47+,48-,50+,51+/m1/s1. The molecular weight excluding hydrogens is 773 g/mol. The number of carboxylic acid groups (broad SMARTS) is 1. The van der Waals surface area contributed by atoms with E-state index in [4.69, 9.17) is 37.9 Å². The van der Waals surface area contributed by atoms with Crippen molar-refractivity contribution >= 4 is 5.97 Å². The minimum absolute atomic E-state index is 0.157. The van der Waals surface area contributed by atoms with Crippen LogP contribution in [0.25, 0.3) is 0 Å². The number of aliphatic carboxylic acids is 1. The first-order valence-electron chi connectivity index (χ1n) is 20.9. The summed E-state index contributed by atoms with van der Waals surface area (Å²) in [5.74, 6) is -1.89. The average molecular weight is 825 g/mol. The molecule has 5 aromatic rings. The zero-order valence-electron chi connectivity index (χ0n) is 34.0. The first-order chi connectivity index (χ1) is 30.1. The van der Waals surface area contributed by atoms with E-state index in [9.17, 15) is 9.90 Å². The number of benzene rings is 5. The summed E-state index contributed by atoms with van der Waals surface area (Å²) >= 11 is 0. The predicted molar refractivity (Wildman–Crippen MR) is 227 cm³/mol. The third-order valence-corrected chi connectivity index (χ3v) is 11.3. The Kier molecular flexibility index (Phi) is 14.8. The van der Waals surface area contributed by atoms with Crippen molar-refractivity contribution in [3.8, 4) is 0 Å². The number of hydrogen-bond donors (Lipinski definition) is 1. The molecule has 2 heterocycles. The molecule has 316 valence electrons. The summed E-state index contributed by atoms with van der Waals surface area (Å²) in [6.45, 7) is 1.99. The molecule has 0 radical (unpaired) electrons. The Labute approximate surface area is 357 Å². The Hall–Kier alpha value is -5.43. The van der Waals surface area contributed by atoms with Crippen molar-refractivity contribution in [3.05, 3.63) is 203 Å². The lowest BCUT2D eigenvalue weighted by atomic mass is 9.83. The highest BCUT2D eigenvalue weighted by atomic mass is 16.8. The van der Waals surface area contributed by atoms with E-state index in [1.54, 1.807) is 0 Å². The van der Waals surface area contributed by atoms with Crippen molar-refractivity contribution < 1.29 is 47.8 Å². The Morgan fingerprint density at radius 2 is 1.00 bits per heavy atom. The molecular formula is C51H52O10. The summed E-state index contributed by atoms with van der Waals surface area (Å²) in [6.07, 6.45) is -0.996. The topological polar surface area (TPSA) is 111 Å². The van der Waals surface area contributed by atoms with E-state index < -0.39 is 54.8 Å². The van der Waals surface area contributed by atoms with Gasteiger partial charge in [0.2, 0.25) is 6.29 Å². The van der Waals surface area contributed by atoms with Gasteiger partial charge < -0.3 is 43.0 Å². The average Bonchev–Trinajstić information content (AvgIpc) is 3.73. The normalized spacial score (nSPS) is 24.6. The molecule has 0 aromatic heterocycles. The zero-order valence-corrected chi connectivity index (χ0v) is 34.0. The van der Waals surface area contributed by atoms with Crippen LogP contribution in [-0.2, 0) is 75.7 Å². The molecule has 10 nitrogen and oxygen atoms in total. The van der Waals surface area contributed by atoms with E-state index in [-0.39, 0.29) is 32.0 Å². The van der Waals surface area contributed by atoms with Gasteiger partial charge in [-0.2, -0.15) is 0 Å². The molecule has 5 aromatic carbocycles. The number of fused-ring (bicyclic) bond motifs is 1. The minimum atomic E-state index is -1.05. The zero-order chi connectivity index (χ0) is 41.6. The fourth-order valence-electron chi connectivity index (χ4n) is 8.15. The molecule has 1 fully saturated rings. The fourth-order valence-corrected chi connectivity index (χ4v) is 8.15. The molecule has 8 rings (SSSR count). The highest BCUT2D eigenvalue weighted by molar-refractivity contribution is 5.87. The predicted octanol–water partition coefficient (Wildman–Crippen LogP) is 8.81. The maximum Gasteiger partial charge on any atom is 0.335 e. The molecule has 2 aliphatic heterocycles. The van der Waals surface area contributed by atoms with Crippen LogP contribution >= 0.6 is 0 Å². The first kappa shape index (κ1) is 42.3. The van der Waals surface area contributed by atoms with Gasteiger partial charge in [-0.15, -0.1) is 0 Å². The van der Waals surface area contributed by atoms with E-state index in [1.165, 1.54) is 6.26 Å². The van der Waals surface area contributed by atoms with Crippen LogP contribution in [0.2, 0.25) is 0 Å². The second-order valence-electron chi connectivity index (χ2n) is 15.5. The van der Waals surface area contributed by atoms with Gasteiger partial charge in [0, 0.05) is 5.92 Å². The third-order valence-electron chi connectivity index (χ3n) is 11.3. The number of rotatable bonds is 20. The van der Waals surface area contributed by atoms with Crippen LogP contribution in [0, 0.1) is 11.8 Å². The van der Waals surface area contributed by atoms with Gasteiger partial charge >= 0.3 is 5.97 Å². The van der Waals surface area contributed by atoms with Crippen LogP contribution < -0.4 is 0 Å². The molecule has 8 atom stereocenters. The Morgan fingerprint density at radius 1 is 0.541 bits per heavy atom.